The highest BCUT2D eigenvalue weighted by atomic mass is 16.3. The molecule has 3 heterocycles. The van der Waals surface area contributed by atoms with Crippen molar-refractivity contribution in [2.45, 2.75) is 0 Å². The fraction of sp³-hybridized carbons (Fsp3) is 0. The Morgan fingerprint density at radius 1 is 0.333 bits per heavy atom. The molecule has 5 nitrogen and oxygen atoms in total. The zero-order valence-electron chi connectivity index (χ0n) is 32.3. The summed E-state index contributed by atoms with van der Waals surface area (Å²) in [4.78, 5) is 15.3. The Morgan fingerprint density at radius 3 is 1.62 bits per heavy atom. The molecular weight excluding hydrogens is 733 g/mol. The molecule has 0 spiro atoms. The molecule has 0 saturated carbocycles. The van der Waals surface area contributed by atoms with Crippen LogP contribution in [0.5, 0.6) is 0 Å². The second-order valence-electron chi connectivity index (χ2n) is 15.2. The van der Waals surface area contributed by atoms with Gasteiger partial charge in [-0.05, 0) is 76.0 Å². The van der Waals surface area contributed by atoms with Crippen LogP contribution in [0, 0.1) is 0 Å². The molecule has 60 heavy (non-hydrogen) atoms. The van der Waals surface area contributed by atoms with Crippen molar-refractivity contribution in [1.82, 2.24) is 19.5 Å². The van der Waals surface area contributed by atoms with Gasteiger partial charge in [0.25, 0.3) is 0 Å². The second kappa shape index (κ2) is 13.8. The molecule has 0 N–H and O–H groups in total. The first-order valence-corrected chi connectivity index (χ1v) is 20.2. The third-order valence-corrected chi connectivity index (χ3v) is 11.6. The van der Waals surface area contributed by atoms with Gasteiger partial charge in [-0.3, -0.25) is 0 Å². The predicted molar refractivity (Wildman–Crippen MR) is 246 cm³/mol. The monoisotopic (exact) mass is 766 g/mol. The first kappa shape index (κ1) is 33.9. The molecule has 0 atom stereocenters. The van der Waals surface area contributed by atoms with Crippen molar-refractivity contribution < 1.29 is 4.42 Å². The maximum absolute atomic E-state index is 6.50. The van der Waals surface area contributed by atoms with Crippen LogP contribution in [0.1, 0.15) is 0 Å². The molecule has 3 aromatic heterocycles. The molecule has 0 amide bonds. The van der Waals surface area contributed by atoms with E-state index in [2.05, 4.69) is 138 Å². The molecule has 0 aliphatic heterocycles. The molecule has 12 rings (SSSR count). The van der Waals surface area contributed by atoms with Crippen molar-refractivity contribution in [3.8, 4) is 62.1 Å². The Morgan fingerprint density at radius 2 is 0.900 bits per heavy atom. The lowest BCUT2D eigenvalue weighted by Gasteiger charge is -2.17. The largest absolute Gasteiger partial charge is 0.456 e. The average Bonchev–Trinajstić information content (AvgIpc) is 3.87. The van der Waals surface area contributed by atoms with Gasteiger partial charge in [-0.15, -0.1) is 0 Å². The molecular formula is C55H34N4O. The standard InChI is InChI=1S/C55H34N4O/c1-4-16-35(17-5-1)41-25-14-27-47-51(41)45-32-38-22-10-11-23-39(38)34-48(45)59(47)46-31-30-40(33-44(46)42-26-15-29-50-52(42)43-24-12-13-28-49(43)60-50)55-57-53(36-18-6-2-7-19-36)56-54(58-55)37-20-8-3-9-21-37/h1-34H. The van der Waals surface area contributed by atoms with Gasteiger partial charge < -0.3 is 8.98 Å². The number of hydrogen-bond donors (Lipinski definition) is 0. The fourth-order valence-corrected chi connectivity index (χ4v) is 8.89. The Labute approximate surface area is 345 Å². The highest BCUT2D eigenvalue weighted by Gasteiger charge is 2.23. The minimum atomic E-state index is 0.597. The third-order valence-electron chi connectivity index (χ3n) is 11.6. The van der Waals surface area contributed by atoms with Crippen molar-refractivity contribution in [2.75, 3.05) is 0 Å². The number of rotatable bonds is 6. The van der Waals surface area contributed by atoms with E-state index in [1.165, 1.54) is 32.7 Å². The van der Waals surface area contributed by atoms with E-state index in [9.17, 15) is 0 Å². The van der Waals surface area contributed by atoms with Gasteiger partial charge in [-0.25, -0.2) is 15.0 Å². The van der Waals surface area contributed by atoms with E-state index in [0.717, 1.165) is 66.5 Å². The van der Waals surface area contributed by atoms with E-state index in [-0.39, 0.29) is 0 Å². The number of hydrogen-bond acceptors (Lipinski definition) is 4. The lowest BCUT2D eigenvalue weighted by atomic mass is 9.95. The maximum Gasteiger partial charge on any atom is 0.164 e. The smallest absolute Gasteiger partial charge is 0.164 e. The number of benzene rings is 9. The molecule has 5 heteroatoms. The van der Waals surface area contributed by atoms with Gasteiger partial charge >= 0.3 is 0 Å². The zero-order valence-corrected chi connectivity index (χ0v) is 32.3. The van der Waals surface area contributed by atoms with Crippen LogP contribution < -0.4 is 0 Å². The van der Waals surface area contributed by atoms with Crippen molar-refractivity contribution in [3.05, 3.63) is 206 Å². The molecule has 0 aliphatic carbocycles. The summed E-state index contributed by atoms with van der Waals surface area (Å²) in [7, 11) is 0. The number of aromatic nitrogens is 4. The summed E-state index contributed by atoms with van der Waals surface area (Å²) < 4.78 is 8.95. The van der Waals surface area contributed by atoms with Gasteiger partial charge in [0, 0.05) is 43.8 Å². The summed E-state index contributed by atoms with van der Waals surface area (Å²) >= 11 is 0. The van der Waals surface area contributed by atoms with Crippen LogP contribution >= 0.6 is 0 Å². The highest BCUT2D eigenvalue weighted by Crippen LogP contribution is 2.45. The van der Waals surface area contributed by atoms with Crippen molar-refractivity contribution >= 4 is 54.5 Å². The normalized spacial score (nSPS) is 11.7. The van der Waals surface area contributed by atoms with Gasteiger partial charge in [-0.2, -0.15) is 0 Å². The van der Waals surface area contributed by atoms with E-state index in [0.29, 0.717) is 17.5 Å². The minimum absolute atomic E-state index is 0.597. The summed E-state index contributed by atoms with van der Waals surface area (Å²) in [5.41, 5.74) is 12.2. The minimum Gasteiger partial charge on any atom is -0.456 e. The molecule has 0 aliphatic rings. The Kier molecular flexibility index (Phi) is 7.78. The molecule has 0 saturated heterocycles. The lowest BCUT2D eigenvalue weighted by Crippen LogP contribution is -2.02. The molecule has 0 bridgehead atoms. The summed E-state index contributed by atoms with van der Waals surface area (Å²) in [5.74, 6) is 1.84. The highest BCUT2D eigenvalue weighted by molar-refractivity contribution is 6.19. The van der Waals surface area contributed by atoms with Gasteiger partial charge in [0.15, 0.2) is 17.5 Å². The van der Waals surface area contributed by atoms with Crippen LogP contribution in [0.2, 0.25) is 0 Å². The lowest BCUT2D eigenvalue weighted by molar-refractivity contribution is 0.669. The molecule has 9 aromatic carbocycles. The van der Waals surface area contributed by atoms with Gasteiger partial charge in [0.1, 0.15) is 11.2 Å². The maximum atomic E-state index is 6.50. The average molecular weight is 767 g/mol. The predicted octanol–water partition coefficient (Wildman–Crippen LogP) is 14.4. The quantitative estimate of drug-likeness (QED) is 0.169. The van der Waals surface area contributed by atoms with Crippen LogP contribution in [0.4, 0.5) is 0 Å². The van der Waals surface area contributed by atoms with Crippen molar-refractivity contribution in [2.24, 2.45) is 0 Å². The third kappa shape index (κ3) is 5.52. The number of fused-ring (bicyclic) bond motifs is 7. The van der Waals surface area contributed by atoms with Crippen LogP contribution in [-0.2, 0) is 0 Å². The van der Waals surface area contributed by atoms with Crippen LogP contribution in [0.3, 0.4) is 0 Å². The Bertz CT molecular complexity index is 3530. The molecule has 0 unspecified atom stereocenters. The van der Waals surface area contributed by atoms with E-state index in [1.807, 2.05) is 72.8 Å². The van der Waals surface area contributed by atoms with Gasteiger partial charge in [0.05, 0.1) is 16.7 Å². The van der Waals surface area contributed by atoms with E-state index < -0.39 is 0 Å². The second-order valence-corrected chi connectivity index (χ2v) is 15.2. The number of para-hydroxylation sites is 1. The van der Waals surface area contributed by atoms with Crippen LogP contribution in [-0.4, -0.2) is 19.5 Å². The summed E-state index contributed by atoms with van der Waals surface area (Å²) in [5, 5.41) is 6.93. The SMILES string of the molecule is c1ccc(-c2nc(-c3ccccc3)nc(-c3ccc(-n4c5cc6ccccc6cc5c5c(-c6ccccc6)cccc54)c(-c4cccc5oc6ccccc6c45)c3)n2)cc1. The number of furan rings is 1. The fourth-order valence-electron chi connectivity index (χ4n) is 8.89. The molecule has 0 radical (unpaired) electrons. The Balaban J connectivity index is 1.19. The first-order valence-electron chi connectivity index (χ1n) is 20.2. The van der Waals surface area contributed by atoms with Crippen molar-refractivity contribution in [3.63, 3.8) is 0 Å². The molecule has 12 aromatic rings. The topological polar surface area (TPSA) is 56.7 Å². The van der Waals surface area contributed by atoms with E-state index in [1.54, 1.807) is 0 Å². The van der Waals surface area contributed by atoms with Crippen LogP contribution in [0.25, 0.3) is 117 Å². The van der Waals surface area contributed by atoms with Crippen LogP contribution in [0.15, 0.2) is 211 Å². The zero-order chi connectivity index (χ0) is 39.6. The summed E-state index contributed by atoms with van der Waals surface area (Å²) in [6, 6.07) is 72.3. The molecule has 0 fully saturated rings. The summed E-state index contributed by atoms with van der Waals surface area (Å²) in [6.07, 6.45) is 0. The van der Waals surface area contributed by atoms with E-state index in [4.69, 9.17) is 19.4 Å². The molecule has 280 valence electrons. The van der Waals surface area contributed by atoms with Crippen molar-refractivity contribution in [1.29, 1.82) is 0 Å². The van der Waals surface area contributed by atoms with E-state index >= 15 is 0 Å². The van der Waals surface area contributed by atoms with Gasteiger partial charge in [0.2, 0.25) is 0 Å². The first-order chi connectivity index (χ1) is 29.7. The Hall–Kier alpha value is -8.15. The van der Waals surface area contributed by atoms with Gasteiger partial charge in [-0.1, -0.05) is 158 Å². The summed E-state index contributed by atoms with van der Waals surface area (Å²) in [6.45, 7) is 0. The number of nitrogens with zero attached hydrogens (tertiary/aromatic N) is 4.